The van der Waals surface area contributed by atoms with Crippen molar-refractivity contribution in [2.75, 3.05) is 45.1 Å². The molecule has 2 heterocycles. The highest BCUT2D eigenvalue weighted by atomic mass is 32.2. The van der Waals surface area contributed by atoms with Gasteiger partial charge in [-0.3, -0.25) is 4.31 Å². The minimum absolute atomic E-state index is 0.0270. The van der Waals surface area contributed by atoms with Gasteiger partial charge in [0.15, 0.2) is 0 Å². The Morgan fingerprint density at radius 1 is 1.11 bits per heavy atom. The van der Waals surface area contributed by atoms with Crippen LogP contribution in [0.15, 0.2) is 0 Å². The number of amides is 1. The van der Waals surface area contributed by atoms with Crippen molar-refractivity contribution < 1.29 is 14.3 Å². The molecule has 1 amide bonds. The van der Waals surface area contributed by atoms with E-state index in [1.807, 2.05) is 30.7 Å². The zero-order chi connectivity index (χ0) is 19.9. The molecule has 0 N–H and O–H groups in total. The largest absolute Gasteiger partial charge is 0.447 e. The van der Waals surface area contributed by atoms with Gasteiger partial charge in [0.2, 0.25) is 0 Å². The van der Waals surface area contributed by atoms with Crippen molar-refractivity contribution in [2.24, 2.45) is 23.7 Å². The highest BCUT2D eigenvalue weighted by molar-refractivity contribution is 7.96. The van der Waals surface area contributed by atoms with Crippen molar-refractivity contribution in [3.05, 3.63) is 0 Å². The smallest absolute Gasteiger partial charge is 0.410 e. The van der Waals surface area contributed by atoms with Crippen LogP contribution in [0, 0.1) is 23.7 Å². The van der Waals surface area contributed by atoms with Crippen LogP contribution in [0.5, 0.6) is 0 Å². The molecule has 2 unspecified atom stereocenters. The van der Waals surface area contributed by atoms with E-state index in [0.717, 1.165) is 62.8 Å². The van der Waals surface area contributed by atoms with Gasteiger partial charge < -0.3 is 14.4 Å². The van der Waals surface area contributed by atoms with E-state index >= 15 is 0 Å². The number of ether oxygens (including phenoxy) is 2. The zero-order valence-electron chi connectivity index (χ0n) is 18.1. The maximum Gasteiger partial charge on any atom is 0.410 e. The summed E-state index contributed by atoms with van der Waals surface area (Å²) >= 11 is 1.98. The molecule has 0 bridgehead atoms. The first-order valence-electron chi connectivity index (χ1n) is 11.5. The molecule has 28 heavy (non-hydrogen) atoms. The van der Waals surface area contributed by atoms with Crippen molar-refractivity contribution in [2.45, 2.75) is 65.4 Å². The molecule has 3 fully saturated rings. The van der Waals surface area contributed by atoms with E-state index in [-0.39, 0.29) is 12.2 Å². The number of rotatable bonds is 9. The summed E-state index contributed by atoms with van der Waals surface area (Å²) in [7, 11) is 0. The minimum atomic E-state index is -0.131. The first-order chi connectivity index (χ1) is 13.6. The summed E-state index contributed by atoms with van der Waals surface area (Å²) in [6, 6.07) is 0. The number of likely N-dealkylation sites (tertiary alicyclic amines) is 1. The van der Waals surface area contributed by atoms with Gasteiger partial charge in [0, 0.05) is 45.1 Å². The molecule has 0 radical (unpaired) electrons. The number of carbonyl (C=O) groups excluding carboxylic acids is 1. The van der Waals surface area contributed by atoms with Gasteiger partial charge in [-0.15, -0.1) is 0 Å². The molecule has 1 aliphatic carbocycles. The van der Waals surface area contributed by atoms with Crippen LogP contribution in [0.25, 0.3) is 0 Å². The van der Waals surface area contributed by atoms with Crippen molar-refractivity contribution in [3.63, 3.8) is 0 Å². The van der Waals surface area contributed by atoms with Gasteiger partial charge in [-0.1, -0.05) is 18.9 Å². The monoisotopic (exact) mass is 412 g/mol. The number of carbonyl (C=O) groups is 1. The standard InChI is InChI=1S/C22H40N2O3S/c1-4-28-24-12-5-18(6-13-24)16-26-14-9-20-15-21(20)19-7-10-23(11-8-19)22(25)27-17(2)3/h17-21H,4-16H2,1-3H3. The molecule has 0 aromatic heterocycles. The Morgan fingerprint density at radius 2 is 1.82 bits per heavy atom. The number of piperidine rings is 2. The second-order valence-electron chi connectivity index (χ2n) is 9.07. The Hall–Kier alpha value is -0.460. The van der Waals surface area contributed by atoms with Gasteiger partial charge in [-0.25, -0.2) is 4.79 Å². The van der Waals surface area contributed by atoms with Gasteiger partial charge in [-0.05, 0) is 76.0 Å². The number of nitrogens with zero attached hydrogens (tertiary/aromatic N) is 2. The molecule has 2 saturated heterocycles. The summed E-state index contributed by atoms with van der Waals surface area (Å²) in [4.78, 5) is 13.9. The Labute approximate surface area is 176 Å². The van der Waals surface area contributed by atoms with E-state index in [0.29, 0.717) is 0 Å². The molecule has 3 rings (SSSR count). The first kappa shape index (κ1) is 22.2. The van der Waals surface area contributed by atoms with Gasteiger partial charge in [0.05, 0.1) is 6.10 Å². The summed E-state index contributed by atoms with van der Waals surface area (Å²) in [6.45, 7) is 12.1. The molecule has 0 aromatic rings. The van der Waals surface area contributed by atoms with Crippen LogP contribution in [0.3, 0.4) is 0 Å². The zero-order valence-corrected chi connectivity index (χ0v) is 18.9. The fraction of sp³-hybridized carbons (Fsp3) is 0.955. The third-order valence-corrected chi connectivity index (χ3v) is 7.58. The highest BCUT2D eigenvalue weighted by Crippen LogP contribution is 2.49. The lowest BCUT2D eigenvalue weighted by atomic mass is 9.91. The van der Waals surface area contributed by atoms with Crippen LogP contribution in [0.1, 0.15) is 59.3 Å². The Morgan fingerprint density at radius 3 is 2.46 bits per heavy atom. The van der Waals surface area contributed by atoms with Gasteiger partial charge in [0.1, 0.15) is 0 Å². The molecule has 162 valence electrons. The Bertz CT molecular complexity index is 474. The van der Waals surface area contributed by atoms with E-state index in [1.165, 1.54) is 44.5 Å². The van der Waals surface area contributed by atoms with Crippen molar-refractivity contribution in [3.8, 4) is 0 Å². The van der Waals surface area contributed by atoms with E-state index in [1.54, 1.807) is 0 Å². The Balaban J connectivity index is 1.22. The van der Waals surface area contributed by atoms with Gasteiger partial charge in [0.25, 0.3) is 0 Å². The average Bonchev–Trinajstić information content (AvgIpc) is 3.46. The molecule has 0 aromatic carbocycles. The lowest BCUT2D eigenvalue weighted by Gasteiger charge is -2.32. The lowest BCUT2D eigenvalue weighted by molar-refractivity contribution is 0.0621. The van der Waals surface area contributed by atoms with E-state index < -0.39 is 0 Å². The maximum atomic E-state index is 12.0. The quantitative estimate of drug-likeness (QED) is 0.407. The third-order valence-electron chi connectivity index (χ3n) is 6.59. The molecule has 3 aliphatic rings. The summed E-state index contributed by atoms with van der Waals surface area (Å²) < 4.78 is 13.9. The highest BCUT2D eigenvalue weighted by Gasteiger charge is 2.43. The molecular weight excluding hydrogens is 372 g/mol. The molecule has 5 nitrogen and oxygen atoms in total. The van der Waals surface area contributed by atoms with Crippen LogP contribution in [0.4, 0.5) is 4.79 Å². The third kappa shape index (κ3) is 6.81. The summed E-state index contributed by atoms with van der Waals surface area (Å²) in [5.74, 6) is 4.49. The summed E-state index contributed by atoms with van der Waals surface area (Å²) in [5.41, 5.74) is 0. The number of hydrogen-bond acceptors (Lipinski definition) is 5. The molecule has 2 aliphatic heterocycles. The predicted octanol–water partition coefficient (Wildman–Crippen LogP) is 4.67. The topological polar surface area (TPSA) is 42.0 Å². The molecule has 1 saturated carbocycles. The van der Waals surface area contributed by atoms with Gasteiger partial charge in [-0.2, -0.15) is 0 Å². The average molecular weight is 413 g/mol. The molecule has 2 atom stereocenters. The van der Waals surface area contributed by atoms with Crippen LogP contribution < -0.4 is 0 Å². The fourth-order valence-corrected chi connectivity index (χ4v) is 5.67. The summed E-state index contributed by atoms with van der Waals surface area (Å²) in [5, 5.41) is 0. The lowest BCUT2D eigenvalue weighted by Crippen LogP contribution is -2.40. The van der Waals surface area contributed by atoms with Crippen molar-refractivity contribution in [1.82, 2.24) is 9.21 Å². The van der Waals surface area contributed by atoms with Crippen LogP contribution >= 0.6 is 11.9 Å². The normalized spacial score (nSPS) is 27.4. The minimum Gasteiger partial charge on any atom is -0.447 e. The fourth-order valence-electron chi connectivity index (χ4n) is 4.84. The predicted molar refractivity (Wildman–Crippen MR) is 115 cm³/mol. The van der Waals surface area contributed by atoms with Crippen LogP contribution in [0.2, 0.25) is 0 Å². The molecule has 6 heteroatoms. The summed E-state index contributed by atoms with van der Waals surface area (Å²) in [6.07, 6.45) is 7.30. The van der Waals surface area contributed by atoms with Gasteiger partial charge >= 0.3 is 6.09 Å². The van der Waals surface area contributed by atoms with E-state index in [9.17, 15) is 4.79 Å². The first-order valence-corrected chi connectivity index (χ1v) is 12.4. The van der Waals surface area contributed by atoms with Crippen LogP contribution in [-0.4, -0.2) is 66.5 Å². The van der Waals surface area contributed by atoms with Crippen molar-refractivity contribution in [1.29, 1.82) is 0 Å². The SMILES string of the molecule is CCSN1CCC(COCCC2CC2C2CCN(C(=O)OC(C)C)CC2)CC1. The van der Waals surface area contributed by atoms with E-state index in [2.05, 4.69) is 11.2 Å². The number of hydrogen-bond donors (Lipinski definition) is 0. The molecular formula is C22H40N2O3S. The Kier molecular flexibility index (Phi) is 8.79. The molecule has 0 spiro atoms. The van der Waals surface area contributed by atoms with E-state index in [4.69, 9.17) is 9.47 Å². The van der Waals surface area contributed by atoms with Crippen LogP contribution in [-0.2, 0) is 9.47 Å². The van der Waals surface area contributed by atoms with Crippen molar-refractivity contribution >= 4 is 18.0 Å². The second kappa shape index (κ2) is 11.1. The second-order valence-corrected chi connectivity index (χ2v) is 10.4. The maximum absolute atomic E-state index is 12.0.